The van der Waals surface area contributed by atoms with Gasteiger partial charge in [0, 0.05) is 5.02 Å². The lowest BCUT2D eigenvalue weighted by Crippen LogP contribution is -2.43. The highest BCUT2D eigenvalue weighted by molar-refractivity contribution is 7.80. The Morgan fingerprint density at radius 1 is 1.43 bits per heavy atom. The molecule has 0 radical (unpaired) electrons. The zero-order valence-corrected chi connectivity index (χ0v) is 12.9. The van der Waals surface area contributed by atoms with Gasteiger partial charge in [0.15, 0.2) is 0 Å². The number of thiocarbonyl (C=S) groups is 1. The maximum atomic E-state index is 13.0. The number of hydrogen-bond acceptors (Lipinski definition) is 2. The van der Waals surface area contributed by atoms with Crippen LogP contribution < -0.4 is 11.1 Å². The Morgan fingerprint density at radius 2 is 2.00 bits per heavy atom. The van der Waals surface area contributed by atoms with E-state index in [1.54, 1.807) is 6.92 Å². The van der Waals surface area contributed by atoms with Gasteiger partial charge >= 0.3 is 6.18 Å². The quantitative estimate of drug-likeness (QED) is 0.816. The number of nitrogens with one attached hydrogen (secondary N) is 1. The van der Waals surface area contributed by atoms with Gasteiger partial charge in [0.2, 0.25) is 5.91 Å². The first-order valence-electron chi connectivity index (χ1n) is 6.00. The number of benzene rings is 1. The Balaban J connectivity index is 3.20. The molecule has 0 aliphatic carbocycles. The molecule has 1 amide bonds. The second-order valence-electron chi connectivity index (χ2n) is 4.69. The summed E-state index contributed by atoms with van der Waals surface area (Å²) in [5.74, 6) is -0.690. The van der Waals surface area contributed by atoms with Gasteiger partial charge in [-0.3, -0.25) is 4.79 Å². The fourth-order valence-electron chi connectivity index (χ4n) is 1.57. The molecule has 0 aliphatic heterocycles. The van der Waals surface area contributed by atoms with Crippen LogP contribution in [-0.4, -0.2) is 10.9 Å². The van der Waals surface area contributed by atoms with Crippen LogP contribution in [-0.2, 0) is 11.0 Å². The molecule has 0 bridgehead atoms. The first-order chi connectivity index (χ1) is 9.52. The summed E-state index contributed by atoms with van der Waals surface area (Å²) in [6.45, 7) is 3.15. The molecule has 1 rings (SSSR count). The zero-order chi connectivity index (χ0) is 16.4. The van der Waals surface area contributed by atoms with Crippen molar-refractivity contribution in [3.05, 3.63) is 28.8 Å². The van der Waals surface area contributed by atoms with Crippen molar-refractivity contribution in [2.24, 2.45) is 11.1 Å². The molecule has 3 nitrogen and oxygen atoms in total. The predicted octanol–water partition coefficient (Wildman–Crippen LogP) is 4.00. The third-order valence-corrected chi connectivity index (χ3v) is 3.97. The lowest BCUT2D eigenvalue weighted by molar-refractivity contribution is -0.137. The molecule has 0 saturated heterocycles. The molecular formula is C13H14ClF3N2OS. The van der Waals surface area contributed by atoms with Crippen LogP contribution in [0.25, 0.3) is 0 Å². The number of anilines is 1. The molecule has 0 fully saturated rings. The third kappa shape index (κ3) is 3.85. The predicted molar refractivity (Wildman–Crippen MR) is 80.3 cm³/mol. The third-order valence-electron chi connectivity index (χ3n) is 3.29. The first-order valence-corrected chi connectivity index (χ1v) is 6.79. The summed E-state index contributed by atoms with van der Waals surface area (Å²) >= 11 is 10.4. The molecule has 1 aromatic carbocycles. The molecule has 0 aromatic heterocycles. The minimum atomic E-state index is -4.64. The number of halogens is 4. The summed E-state index contributed by atoms with van der Waals surface area (Å²) in [7, 11) is 0. The number of alkyl halides is 3. The van der Waals surface area contributed by atoms with Gasteiger partial charge in [-0.05, 0) is 31.5 Å². The van der Waals surface area contributed by atoms with Gasteiger partial charge in [-0.25, -0.2) is 0 Å². The molecule has 0 heterocycles. The molecule has 1 aromatic rings. The Morgan fingerprint density at radius 3 is 2.43 bits per heavy atom. The van der Waals surface area contributed by atoms with Gasteiger partial charge in [-0.1, -0.05) is 30.7 Å². The van der Waals surface area contributed by atoms with E-state index in [-0.39, 0.29) is 22.1 Å². The Kier molecular flexibility index (Phi) is 5.22. The fraction of sp³-hybridized carbons (Fsp3) is 0.385. The number of hydrogen-bond donors (Lipinski definition) is 2. The van der Waals surface area contributed by atoms with Crippen LogP contribution in [0.5, 0.6) is 0 Å². The van der Waals surface area contributed by atoms with E-state index in [0.717, 1.165) is 12.1 Å². The normalized spacial score (nSPS) is 14.4. The molecule has 1 atom stereocenters. The number of rotatable bonds is 4. The van der Waals surface area contributed by atoms with Gasteiger partial charge in [0.25, 0.3) is 0 Å². The lowest BCUT2D eigenvalue weighted by atomic mass is 9.86. The lowest BCUT2D eigenvalue weighted by Gasteiger charge is -2.26. The summed E-state index contributed by atoms with van der Waals surface area (Å²) in [5, 5.41) is 2.16. The molecule has 3 N–H and O–H groups in total. The largest absolute Gasteiger partial charge is 0.418 e. The van der Waals surface area contributed by atoms with Crippen LogP contribution in [0.2, 0.25) is 5.02 Å². The monoisotopic (exact) mass is 338 g/mol. The van der Waals surface area contributed by atoms with E-state index in [2.05, 4.69) is 5.32 Å². The summed E-state index contributed by atoms with van der Waals surface area (Å²) in [6.07, 6.45) is -4.37. The van der Waals surface area contributed by atoms with Crippen molar-refractivity contribution in [3.8, 4) is 0 Å². The SMILES string of the molecule is CCC(C)(C(=O)Nc1ccc(Cl)cc1C(F)(F)F)C(N)=S. The van der Waals surface area contributed by atoms with E-state index in [9.17, 15) is 18.0 Å². The van der Waals surface area contributed by atoms with Gasteiger partial charge in [-0.2, -0.15) is 13.2 Å². The van der Waals surface area contributed by atoms with Crippen LogP contribution in [0, 0.1) is 5.41 Å². The second-order valence-corrected chi connectivity index (χ2v) is 5.57. The highest BCUT2D eigenvalue weighted by Gasteiger charge is 2.38. The molecular weight excluding hydrogens is 325 g/mol. The van der Waals surface area contributed by atoms with Gasteiger partial charge in [0.1, 0.15) is 0 Å². The molecule has 116 valence electrons. The average Bonchev–Trinajstić information content (AvgIpc) is 2.38. The molecule has 0 spiro atoms. The average molecular weight is 339 g/mol. The van der Waals surface area contributed by atoms with Crippen LogP contribution in [0.1, 0.15) is 25.8 Å². The Bertz CT molecular complexity index is 577. The van der Waals surface area contributed by atoms with Crippen molar-refractivity contribution >= 4 is 40.4 Å². The van der Waals surface area contributed by atoms with E-state index in [1.165, 1.54) is 13.0 Å². The van der Waals surface area contributed by atoms with E-state index < -0.39 is 23.1 Å². The van der Waals surface area contributed by atoms with Crippen molar-refractivity contribution in [1.29, 1.82) is 0 Å². The molecule has 0 aliphatic rings. The number of amides is 1. The summed E-state index contributed by atoms with van der Waals surface area (Å²) in [6, 6.07) is 3.11. The van der Waals surface area contributed by atoms with Crippen molar-refractivity contribution in [3.63, 3.8) is 0 Å². The minimum Gasteiger partial charge on any atom is -0.392 e. The van der Waals surface area contributed by atoms with Crippen molar-refractivity contribution in [2.75, 3.05) is 5.32 Å². The van der Waals surface area contributed by atoms with Crippen LogP contribution in [0.4, 0.5) is 18.9 Å². The van der Waals surface area contributed by atoms with E-state index in [0.29, 0.717) is 0 Å². The van der Waals surface area contributed by atoms with E-state index in [4.69, 9.17) is 29.6 Å². The Labute approximate surface area is 130 Å². The van der Waals surface area contributed by atoms with Crippen molar-refractivity contribution in [2.45, 2.75) is 26.4 Å². The van der Waals surface area contributed by atoms with Gasteiger partial charge < -0.3 is 11.1 Å². The number of nitrogens with two attached hydrogens (primary N) is 1. The molecule has 1 unspecified atom stereocenters. The smallest absolute Gasteiger partial charge is 0.392 e. The topological polar surface area (TPSA) is 55.1 Å². The minimum absolute atomic E-state index is 0.0760. The maximum Gasteiger partial charge on any atom is 0.418 e. The van der Waals surface area contributed by atoms with E-state index >= 15 is 0 Å². The highest BCUT2D eigenvalue weighted by atomic mass is 35.5. The standard InChI is InChI=1S/C13H14ClF3N2OS/c1-3-12(2,10(18)21)11(20)19-9-5-4-7(14)6-8(9)13(15,16)17/h4-6H,3H2,1-2H3,(H2,18,21)(H,19,20). The number of carbonyl (C=O) groups is 1. The summed E-state index contributed by atoms with van der Waals surface area (Å²) in [5.41, 5.74) is 2.88. The van der Waals surface area contributed by atoms with Crippen molar-refractivity contribution in [1.82, 2.24) is 0 Å². The first kappa shape index (κ1) is 17.7. The van der Waals surface area contributed by atoms with Crippen molar-refractivity contribution < 1.29 is 18.0 Å². The summed E-state index contributed by atoms with van der Waals surface area (Å²) < 4.78 is 38.9. The maximum absolute atomic E-state index is 13.0. The molecule has 21 heavy (non-hydrogen) atoms. The van der Waals surface area contributed by atoms with E-state index in [1.807, 2.05) is 0 Å². The summed E-state index contributed by atoms with van der Waals surface area (Å²) in [4.78, 5) is 12.1. The highest BCUT2D eigenvalue weighted by Crippen LogP contribution is 2.37. The van der Waals surface area contributed by atoms with Crippen LogP contribution >= 0.6 is 23.8 Å². The molecule has 8 heteroatoms. The van der Waals surface area contributed by atoms with Crippen LogP contribution in [0.3, 0.4) is 0 Å². The zero-order valence-electron chi connectivity index (χ0n) is 11.3. The second kappa shape index (κ2) is 6.19. The van der Waals surface area contributed by atoms with Gasteiger partial charge in [-0.15, -0.1) is 0 Å². The molecule has 0 saturated carbocycles. The van der Waals surface area contributed by atoms with Crippen LogP contribution in [0.15, 0.2) is 18.2 Å². The fourth-order valence-corrected chi connectivity index (χ4v) is 1.98. The number of carbonyl (C=O) groups excluding carboxylic acids is 1. The Hall–Kier alpha value is -1.34. The van der Waals surface area contributed by atoms with Gasteiger partial charge in [0.05, 0.1) is 21.7 Å².